The summed E-state index contributed by atoms with van der Waals surface area (Å²) in [4.78, 5) is 35.3. The lowest BCUT2D eigenvalue weighted by atomic mass is 10.4. The van der Waals surface area contributed by atoms with Crippen LogP contribution in [0.4, 0.5) is 14.4 Å². The van der Waals surface area contributed by atoms with Gasteiger partial charge in [0.25, 0.3) is 0 Å². The maximum atomic E-state index is 11.2. The number of carbonyl (C=O) groups excluding carboxylic acids is 3. The molecule has 0 atom stereocenters. The molecule has 0 aromatic rings. The maximum Gasteiger partial charge on any atom is 0.320 e. The first kappa shape index (κ1) is 9.03. The first-order valence-corrected chi connectivity index (χ1v) is 4.62. The molecule has 3 heterocycles. The van der Waals surface area contributed by atoms with Gasteiger partial charge in [0.05, 0.1) is 0 Å². The minimum atomic E-state index is -0.661. The predicted octanol–water partition coefficient (Wildman–Crippen LogP) is -2.92. The summed E-state index contributed by atoms with van der Waals surface area (Å²) >= 11 is 0. The molecule has 3 aliphatic heterocycles. The lowest BCUT2D eigenvalue weighted by molar-refractivity contribution is -0.0391. The molecule has 3 rings (SSSR count). The molecule has 0 aromatic carbocycles. The molecule has 0 radical (unpaired) electrons. The van der Waals surface area contributed by atoms with E-state index in [2.05, 4.69) is 31.9 Å². The molecule has 0 aliphatic carbocycles. The third-order valence-corrected chi connectivity index (χ3v) is 2.50. The van der Waals surface area contributed by atoms with Gasteiger partial charge in [-0.1, -0.05) is 0 Å². The zero-order chi connectivity index (χ0) is 11.3. The van der Waals surface area contributed by atoms with Crippen LogP contribution < -0.4 is 31.9 Å². The molecule has 6 amide bonds. The molecule has 0 saturated carbocycles. The zero-order valence-corrected chi connectivity index (χ0v) is 7.90. The SMILES string of the molecule is O=C1NC2NC(=O)NC3NC(=O)NC(N1)N23. The lowest BCUT2D eigenvalue weighted by Crippen LogP contribution is -2.87. The van der Waals surface area contributed by atoms with E-state index in [0.717, 1.165) is 0 Å². The van der Waals surface area contributed by atoms with Gasteiger partial charge in [0.1, 0.15) is 0 Å². The van der Waals surface area contributed by atoms with Crippen LogP contribution in [0.15, 0.2) is 0 Å². The Hall–Kier alpha value is -2.23. The van der Waals surface area contributed by atoms with E-state index in [1.165, 1.54) is 0 Å². The van der Waals surface area contributed by atoms with E-state index >= 15 is 0 Å². The van der Waals surface area contributed by atoms with Gasteiger partial charge in [-0.05, 0) is 0 Å². The van der Waals surface area contributed by atoms with E-state index in [1.807, 2.05) is 0 Å². The van der Waals surface area contributed by atoms with Gasteiger partial charge in [-0.15, -0.1) is 0 Å². The normalized spacial score (nSPS) is 36.8. The van der Waals surface area contributed by atoms with Gasteiger partial charge in [0, 0.05) is 0 Å². The molecule has 10 heteroatoms. The Bertz CT molecular complexity index is 303. The van der Waals surface area contributed by atoms with Gasteiger partial charge in [-0.3, -0.25) is 0 Å². The summed E-state index contributed by atoms with van der Waals surface area (Å²) in [6.45, 7) is 0. The highest BCUT2D eigenvalue weighted by Gasteiger charge is 2.47. The summed E-state index contributed by atoms with van der Waals surface area (Å²) in [7, 11) is 0. The Kier molecular flexibility index (Phi) is 1.63. The summed E-state index contributed by atoms with van der Waals surface area (Å²) in [5, 5.41) is 15.0. The van der Waals surface area contributed by atoms with Crippen molar-refractivity contribution in [3.05, 3.63) is 0 Å². The van der Waals surface area contributed by atoms with Crippen molar-refractivity contribution in [3.63, 3.8) is 0 Å². The van der Waals surface area contributed by atoms with Crippen LogP contribution >= 0.6 is 0 Å². The second kappa shape index (κ2) is 2.88. The van der Waals surface area contributed by atoms with Gasteiger partial charge in [-0.2, -0.15) is 4.90 Å². The minimum absolute atomic E-state index is 0.464. The molecule has 0 unspecified atom stereocenters. The van der Waals surface area contributed by atoms with Gasteiger partial charge in [-0.25, -0.2) is 14.4 Å². The molecule has 3 saturated heterocycles. The minimum Gasteiger partial charge on any atom is -0.305 e. The van der Waals surface area contributed by atoms with Gasteiger partial charge >= 0.3 is 18.1 Å². The van der Waals surface area contributed by atoms with Crippen molar-refractivity contribution in [1.29, 1.82) is 0 Å². The number of amides is 6. The molecular formula is C6H9N7O3. The number of nitrogens with one attached hydrogen (secondary N) is 6. The molecule has 0 bridgehead atoms. The number of nitrogens with zero attached hydrogens (tertiary/aromatic N) is 1. The van der Waals surface area contributed by atoms with Crippen LogP contribution in [0.2, 0.25) is 0 Å². The van der Waals surface area contributed by atoms with Crippen LogP contribution in [0.3, 0.4) is 0 Å². The molecule has 86 valence electrons. The maximum absolute atomic E-state index is 11.2. The standard InChI is InChI=1S/C6H9N7O3/c14-4-7-1-8-5(15)10-3-12-6(16)11-2(9-4)13(1)3/h1-3H,(H2,7,9,14)(H2,8,10,15)(H2,11,12,16). The highest BCUT2D eigenvalue weighted by Crippen LogP contribution is 2.12. The second-order valence-electron chi connectivity index (χ2n) is 3.51. The summed E-state index contributed by atoms with van der Waals surface area (Å²) in [6.07, 6.45) is -1.98. The highest BCUT2D eigenvalue weighted by atomic mass is 16.2. The zero-order valence-electron chi connectivity index (χ0n) is 7.90. The molecule has 0 spiro atoms. The van der Waals surface area contributed by atoms with E-state index in [0.29, 0.717) is 0 Å². The highest BCUT2D eigenvalue weighted by molar-refractivity contribution is 5.83. The van der Waals surface area contributed by atoms with Crippen molar-refractivity contribution >= 4 is 18.1 Å². The summed E-state index contributed by atoms with van der Waals surface area (Å²) in [5.41, 5.74) is 0. The third-order valence-electron chi connectivity index (χ3n) is 2.50. The molecule has 16 heavy (non-hydrogen) atoms. The van der Waals surface area contributed by atoms with Crippen molar-refractivity contribution < 1.29 is 14.4 Å². The summed E-state index contributed by atoms with van der Waals surface area (Å²) < 4.78 is 0. The smallest absolute Gasteiger partial charge is 0.305 e. The fourth-order valence-electron chi connectivity index (χ4n) is 1.87. The molecule has 10 nitrogen and oxygen atoms in total. The molecule has 0 aromatic heterocycles. The first-order valence-electron chi connectivity index (χ1n) is 4.62. The Morgan fingerprint density at radius 3 is 1.12 bits per heavy atom. The van der Waals surface area contributed by atoms with Crippen LogP contribution in [0.5, 0.6) is 0 Å². The molecular weight excluding hydrogens is 218 g/mol. The number of carbonyl (C=O) groups is 3. The number of hydrogen-bond donors (Lipinski definition) is 6. The van der Waals surface area contributed by atoms with Crippen molar-refractivity contribution in [2.75, 3.05) is 0 Å². The average molecular weight is 227 g/mol. The summed E-state index contributed by atoms with van der Waals surface area (Å²) in [6, 6.07) is -1.39. The van der Waals surface area contributed by atoms with Crippen LogP contribution in [-0.2, 0) is 0 Å². The van der Waals surface area contributed by atoms with E-state index in [4.69, 9.17) is 0 Å². The molecule has 3 aliphatic rings. The predicted molar refractivity (Wildman–Crippen MR) is 48.2 cm³/mol. The first-order chi connectivity index (χ1) is 7.63. The second-order valence-corrected chi connectivity index (χ2v) is 3.51. The fraction of sp³-hybridized carbons (Fsp3) is 0.500. The summed E-state index contributed by atoms with van der Waals surface area (Å²) in [5.74, 6) is 0. The van der Waals surface area contributed by atoms with Gasteiger partial charge in [0.15, 0.2) is 18.9 Å². The monoisotopic (exact) mass is 227 g/mol. The van der Waals surface area contributed by atoms with Crippen LogP contribution in [0, 0.1) is 0 Å². The van der Waals surface area contributed by atoms with Crippen LogP contribution in [0.1, 0.15) is 0 Å². The van der Waals surface area contributed by atoms with Crippen molar-refractivity contribution in [2.45, 2.75) is 18.9 Å². The van der Waals surface area contributed by atoms with Crippen molar-refractivity contribution in [1.82, 2.24) is 36.8 Å². The van der Waals surface area contributed by atoms with E-state index in [-0.39, 0.29) is 0 Å². The Morgan fingerprint density at radius 2 is 0.875 bits per heavy atom. The third kappa shape index (κ3) is 1.20. The molecule has 6 N–H and O–H groups in total. The van der Waals surface area contributed by atoms with E-state index in [1.54, 1.807) is 4.90 Å². The Labute approximate surface area is 89.1 Å². The van der Waals surface area contributed by atoms with Crippen molar-refractivity contribution in [2.24, 2.45) is 0 Å². The average Bonchev–Trinajstić information content (AvgIpc) is 2.14. The largest absolute Gasteiger partial charge is 0.320 e. The van der Waals surface area contributed by atoms with Crippen molar-refractivity contribution in [3.8, 4) is 0 Å². The fourth-order valence-corrected chi connectivity index (χ4v) is 1.87. The van der Waals surface area contributed by atoms with E-state index < -0.39 is 37.0 Å². The van der Waals surface area contributed by atoms with Gasteiger partial charge in [0.2, 0.25) is 0 Å². The number of urea groups is 3. The topological polar surface area (TPSA) is 127 Å². The van der Waals surface area contributed by atoms with Crippen LogP contribution in [0.25, 0.3) is 0 Å². The quantitative estimate of drug-likeness (QED) is 0.265. The van der Waals surface area contributed by atoms with E-state index in [9.17, 15) is 14.4 Å². The molecule has 3 fully saturated rings. The number of rotatable bonds is 0. The van der Waals surface area contributed by atoms with Crippen LogP contribution in [-0.4, -0.2) is 41.9 Å². The Balaban J connectivity index is 1.91. The number of hydrogen-bond acceptors (Lipinski definition) is 4. The lowest BCUT2D eigenvalue weighted by Gasteiger charge is -2.51. The van der Waals surface area contributed by atoms with Gasteiger partial charge < -0.3 is 31.9 Å². The Morgan fingerprint density at radius 1 is 0.625 bits per heavy atom.